The first-order valence-corrected chi connectivity index (χ1v) is 9.59. The van der Waals surface area contributed by atoms with Crippen LogP contribution in [0.3, 0.4) is 0 Å². The van der Waals surface area contributed by atoms with Gasteiger partial charge < -0.3 is 9.64 Å². The lowest BCUT2D eigenvalue weighted by Gasteiger charge is -2.19. The Morgan fingerprint density at radius 1 is 1.19 bits per heavy atom. The average molecular weight is 406 g/mol. The molecule has 142 valence electrons. The van der Waals surface area contributed by atoms with Crippen LogP contribution in [0.15, 0.2) is 36.4 Å². The van der Waals surface area contributed by atoms with Crippen LogP contribution in [-0.4, -0.2) is 18.4 Å². The van der Waals surface area contributed by atoms with Crippen molar-refractivity contribution in [1.82, 2.24) is 0 Å². The summed E-state index contributed by atoms with van der Waals surface area (Å²) in [5.74, 6) is -0.346. The summed E-state index contributed by atoms with van der Waals surface area (Å²) in [4.78, 5) is 26.7. The number of rotatable bonds is 4. The Kier molecular flexibility index (Phi) is 5.78. The molecule has 0 N–H and O–H groups in total. The third-order valence-electron chi connectivity index (χ3n) is 4.66. The quantitative estimate of drug-likeness (QED) is 0.506. The van der Waals surface area contributed by atoms with Crippen LogP contribution in [0.1, 0.15) is 37.3 Å². The Hall–Kier alpha value is -2.04. The van der Waals surface area contributed by atoms with E-state index < -0.39 is 11.9 Å². The molecular weight excluding hydrogens is 385 g/mol. The summed E-state index contributed by atoms with van der Waals surface area (Å²) in [6, 6.07) is 10.8. The van der Waals surface area contributed by atoms with Gasteiger partial charge in [-0.2, -0.15) is 0 Å². The Bertz CT molecular complexity index is 895. The molecule has 0 unspecified atom stereocenters. The number of halogens is 2. The third kappa shape index (κ3) is 4.28. The van der Waals surface area contributed by atoms with E-state index >= 15 is 0 Å². The molecule has 0 saturated carbocycles. The zero-order chi connectivity index (χ0) is 19.7. The maximum atomic E-state index is 12.7. The van der Waals surface area contributed by atoms with Gasteiger partial charge in [-0.15, -0.1) is 0 Å². The number of hydrogen-bond acceptors (Lipinski definition) is 3. The van der Waals surface area contributed by atoms with E-state index in [0.717, 1.165) is 11.1 Å². The van der Waals surface area contributed by atoms with Crippen molar-refractivity contribution in [3.8, 4) is 5.75 Å². The van der Waals surface area contributed by atoms with Crippen molar-refractivity contribution in [2.24, 2.45) is 5.92 Å². The predicted octanol–water partition coefficient (Wildman–Crippen LogP) is 5.38. The lowest BCUT2D eigenvalue weighted by Crippen LogP contribution is -2.27. The van der Waals surface area contributed by atoms with Gasteiger partial charge in [0, 0.05) is 18.0 Å². The molecule has 0 aromatic heterocycles. The predicted molar refractivity (Wildman–Crippen MR) is 108 cm³/mol. The molecule has 1 saturated heterocycles. The molecule has 1 amide bonds. The molecule has 1 atom stereocenters. The van der Waals surface area contributed by atoms with E-state index in [1.807, 2.05) is 39.0 Å². The molecule has 0 radical (unpaired) electrons. The molecule has 0 spiro atoms. The number of hydrogen-bond donors (Lipinski definition) is 0. The maximum absolute atomic E-state index is 12.7. The highest BCUT2D eigenvalue weighted by atomic mass is 35.5. The van der Waals surface area contributed by atoms with Gasteiger partial charge in [0.25, 0.3) is 0 Å². The van der Waals surface area contributed by atoms with Gasteiger partial charge in [0.1, 0.15) is 5.75 Å². The number of benzene rings is 2. The summed E-state index contributed by atoms with van der Waals surface area (Å²) in [6.07, 6.45) is 0.0878. The Morgan fingerprint density at radius 2 is 1.93 bits per heavy atom. The largest absolute Gasteiger partial charge is 0.426 e. The smallest absolute Gasteiger partial charge is 0.316 e. The fourth-order valence-corrected chi connectivity index (χ4v) is 3.58. The SMILES string of the molecule is Cc1ccc(C(C)C)c(OC(=O)[C@@H]2CC(=O)N(c3cc(Cl)ccc3Cl)C2)c1. The fraction of sp³-hybridized carbons (Fsp3) is 0.333. The second-order valence-electron chi connectivity index (χ2n) is 7.12. The van der Waals surface area contributed by atoms with Crippen molar-refractivity contribution in [3.05, 3.63) is 57.6 Å². The van der Waals surface area contributed by atoms with E-state index in [4.69, 9.17) is 27.9 Å². The summed E-state index contributed by atoms with van der Waals surface area (Å²) in [5, 5.41) is 0.900. The summed E-state index contributed by atoms with van der Waals surface area (Å²) in [7, 11) is 0. The number of carbonyl (C=O) groups is 2. The standard InChI is InChI=1S/C21H21Cl2NO3/c1-12(2)16-6-4-13(3)8-19(16)27-21(26)14-9-20(25)24(11-14)18-10-15(22)5-7-17(18)23/h4-8,10,12,14H,9,11H2,1-3H3/t14-/m1/s1. The van der Waals surface area contributed by atoms with Crippen LogP contribution in [-0.2, 0) is 9.59 Å². The van der Waals surface area contributed by atoms with E-state index in [-0.39, 0.29) is 24.8 Å². The molecule has 4 nitrogen and oxygen atoms in total. The molecule has 0 aliphatic carbocycles. The zero-order valence-electron chi connectivity index (χ0n) is 15.5. The first-order valence-electron chi connectivity index (χ1n) is 8.84. The third-order valence-corrected chi connectivity index (χ3v) is 5.21. The van der Waals surface area contributed by atoms with Crippen LogP contribution < -0.4 is 9.64 Å². The molecule has 2 aromatic rings. The number of aryl methyl sites for hydroxylation is 1. The minimum absolute atomic E-state index is 0.0878. The Balaban J connectivity index is 1.79. The zero-order valence-corrected chi connectivity index (χ0v) is 17.0. The van der Waals surface area contributed by atoms with E-state index in [1.165, 1.54) is 4.90 Å². The molecule has 1 aliphatic rings. The van der Waals surface area contributed by atoms with E-state index in [1.54, 1.807) is 18.2 Å². The van der Waals surface area contributed by atoms with Crippen LogP contribution in [0.4, 0.5) is 5.69 Å². The maximum Gasteiger partial charge on any atom is 0.316 e. The van der Waals surface area contributed by atoms with Crippen LogP contribution >= 0.6 is 23.2 Å². The van der Waals surface area contributed by atoms with Gasteiger partial charge in [0.2, 0.25) is 5.91 Å². The molecule has 27 heavy (non-hydrogen) atoms. The number of ether oxygens (including phenoxy) is 1. The van der Waals surface area contributed by atoms with Crippen molar-refractivity contribution < 1.29 is 14.3 Å². The van der Waals surface area contributed by atoms with Crippen molar-refractivity contribution in [2.75, 3.05) is 11.4 Å². The first kappa shape index (κ1) is 19.7. The van der Waals surface area contributed by atoms with Gasteiger partial charge in [-0.25, -0.2) is 0 Å². The average Bonchev–Trinajstić information content (AvgIpc) is 2.98. The molecule has 2 aromatic carbocycles. The normalized spacial score (nSPS) is 16.9. The van der Waals surface area contributed by atoms with E-state index in [2.05, 4.69) is 0 Å². The molecule has 6 heteroatoms. The van der Waals surface area contributed by atoms with Gasteiger partial charge in [0.05, 0.1) is 16.6 Å². The van der Waals surface area contributed by atoms with Crippen LogP contribution in [0.2, 0.25) is 10.0 Å². The van der Waals surface area contributed by atoms with Crippen LogP contribution in [0, 0.1) is 12.8 Å². The molecule has 0 bridgehead atoms. The van der Waals surface area contributed by atoms with Crippen molar-refractivity contribution in [3.63, 3.8) is 0 Å². The minimum atomic E-state index is -0.548. The highest BCUT2D eigenvalue weighted by molar-refractivity contribution is 6.35. The summed E-state index contributed by atoms with van der Waals surface area (Å²) in [5.41, 5.74) is 2.49. The molecule has 1 heterocycles. The highest BCUT2D eigenvalue weighted by Crippen LogP contribution is 2.34. The Morgan fingerprint density at radius 3 is 2.63 bits per heavy atom. The number of nitrogens with zero attached hydrogens (tertiary/aromatic N) is 1. The summed E-state index contributed by atoms with van der Waals surface area (Å²) >= 11 is 12.2. The van der Waals surface area contributed by atoms with Crippen LogP contribution in [0.25, 0.3) is 0 Å². The van der Waals surface area contributed by atoms with Crippen LogP contribution in [0.5, 0.6) is 5.75 Å². The lowest BCUT2D eigenvalue weighted by molar-refractivity contribution is -0.139. The van der Waals surface area contributed by atoms with Gasteiger partial charge in [-0.1, -0.05) is 49.2 Å². The topological polar surface area (TPSA) is 46.6 Å². The molecule has 1 fully saturated rings. The molecular formula is C21H21Cl2NO3. The Labute approximate surface area is 169 Å². The minimum Gasteiger partial charge on any atom is -0.426 e. The number of amides is 1. The fourth-order valence-electron chi connectivity index (χ4n) is 3.19. The number of anilines is 1. The van der Waals surface area contributed by atoms with E-state index in [0.29, 0.717) is 21.5 Å². The summed E-state index contributed by atoms with van der Waals surface area (Å²) in [6.45, 7) is 6.26. The van der Waals surface area contributed by atoms with E-state index in [9.17, 15) is 9.59 Å². The molecule has 1 aliphatic heterocycles. The number of carbonyl (C=O) groups excluding carboxylic acids is 2. The number of esters is 1. The first-order chi connectivity index (χ1) is 12.8. The van der Waals surface area contributed by atoms with Gasteiger partial charge >= 0.3 is 5.97 Å². The van der Waals surface area contributed by atoms with Gasteiger partial charge in [-0.05, 0) is 48.2 Å². The lowest BCUT2D eigenvalue weighted by atomic mass is 10.0. The van der Waals surface area contributed by atoms with Crippen molar-refractivity contribution in [2.45, 2.75) is 33.1 Å². The van der Waals surface area contributed by atoms with Gasteiger partial charge in [-0.3, -0.25) is 9.59 Å². The van der Waals surface area contributed by atoms with Crippen molar-refractivity contribution >= 4 is 40.8 Å². The monoisotopic (exact) mass is 405 g/mol. The summed E-state index contributed by atoms with van der Waals surface area (Å²) < 4.78 is 5.68. The molecule has 3 rings (SSSR count). The second-order valence-corrected chi connectivity index (χ2v) is 7.96. The van der Waals surface area contributed by atoms with Crippen molar-refractivity contribution in [1.29, 1.82) is 0 Å². The highest BCUT2D eigenvalue weighted by Gasteiger charge is 2.37. The van der Waals surface area contributed by atoms with Gasteiger partial charge in [0.15, 0.2) is 0 Å². The second kappa shape index (κ2) is 7.91.